The van der Waals surface area contributed by atoms with Crippen molar-refractivity contribution >= 4 is 11.9 Å². The van der Waals surface area contributed by atoms with E-state index in [-0.39, 0.29) is 31.6 Å². The Hall–Kier alpha value is -2.09. The highest BCUT2D eigenvalue weighted by atomic mass is 19.4. The lowest BCUT2D eigenvalue weighted by Gasteiger charge is -2.33. The molecule has 2 N–H and O–H groups in total. The molecule has 120 valence electrons. The molecule has 1 heterocycles. The van der Waals surface area contributed by atoms with Gasteiger partial charge in [0.2, 0.25) is 0 Å². The lowest BCUT2D eigenvalue weighted by molar-refractivity contribution is -0.148. The van der Waals surface area contributed by atoms with Crippen LogP contribution in [-0.2, 0) is 15.7 Å². The second-order valence-electron chi connectivity index (χ2n) is 5.03. The Labute approximate surface area is 124 Å². The Kier molecular flexibility index (Phi) is 4.41. The maximum absolute atomic E-state index is 12.7. The summed E-state index contributed by atoms with van der Waals surface area (Å²) in [6, 6.07) is 3.86. The van der Waals surface area contributed by atoms with Gasteiger partial charge in [-0.05, 0) is 18.2 Å². The topological polar surface area (TPSA) is 75.6 Å². The van der Waals surface area contributed by atoms with Gasteiger partial charge in [-0.3, -0.25) is 4.79 Å². The summed E-state index contributed by atoms with van der Waals surface area (Å²) in [7, 11) is 0. The van der Waals surface area contributed by atoms with Crippen LogP contribution in [0.2, 0.25) is 0 Å². The smallest absolute Gasteiger partial charge is 0.416 e. The van der Waals surface area contributed by atoms with Gasteiger partial charge < -0.3 is 15.2 Å². The Morgan fingerprint density at radius 1 is 1.23 bits per heavy atom. The predicted octanol–water partition coefficient (Wildman–Crippen LogP) is 2.07. The molecule has 0 atom stereocenters. The van der Waals surface area contributed by atoms with Gasteiger partial charge in [0.15, 0.2) is 0 Å². The average molecular weight is 317 g/mol. The van der Waals surface area contributed by atoms with Crippen LogP contribution in [0.15, 0.2) is 24.3 Å². The number of amides is 1. The van der Waals surface area contributed by atoms with Gasteiger partial charge in [0.1, 0.15) is 5.54 Å². The second-order valence-corrected chi connectivity index (χ2v) is 5.03. The largest absolute Gasteiger partial charge is 0.480 e. The quantitative estimate of drug-likeness (QED) is 0.895. The summed E-state index contributed by atoms with van der Waals surface area (Å²) >= 11 is 0. The van der Waals surface area contributed by atoms with Gasteiger partial charge in [-0.25, -0.2) is 4.79 Å². The van der Waals surface area contributed by atoms with E-state index in [1.165, 1.54) is 6.07 Å². The minimum Gasteiger partial charge on any atom is -0.480 e. The zero-order chi connectivity index (χ0) is 16.4. The third-order valence-corrected chi connectivity index (χ3v) is 3.56. The fourth-order valence-corrected chi connectivity index (χ4v) is 2.24. The molecule has 0 radical (unpaired) electrons. The van der Waals surface area contributed by atoms with Crippen molar-refractivity contribution in [3.63, 3.8) is 0 Å². The van der Waals surface area contributed by atoms with E-state index in [2.05, 4.69) is 5.32 Å². The van der Waals surface area contributed by atoms with Crippen LogP contribution in [0.3, 0.4) is 0 Å². The first-order chi connectivity index (χ1) is 10.2. The van der Waals surface area contributed by atoms with Gasteiger partial charge in [0.25, 0.3) is 5.91 Å². The number of hydrogen-bond acceptors (Lipinski definition) is 3. The van der Waals surface area contributed by atoms with Crippen molar-refractivity contribution in [3.8, 4) is 0 Å². The highest BCUT2D eigenvalue weighted by Crippen LogP contribution is 2.30. The molecule has 2 rings (SSSR count). The summed E-state index contributed by atoms with van der Waals surface area (Å²) in [5.41, 5.74) is -2.71. The number of alkyl halides is 3. The minimum absolute atomic E-state index is 0.0625. The van der Waals surface area contributed by atoms with Crippen LogP contribution in [0.25, 0.3) is 0 Å². The Balaban J connectivity index is 2.22. The molecule has 0 aromatic heterocycles. The van der Waals surface area contributed by atoms with E-state index in [0.29, 0.717) is 6.07 Å². The first kappa shape index (κ1) is 16.3. The maximum Gasteiger partial charge on any atom is 0.416 e. The summed E-state index contributed by atoms with van der Waals surface area (Å²) in [6.45, 7) is 0.324. The fraction of sp³-hybridized carbons (Fsp3) is 0.429. The number of carbonyl (C=O) groups excluding carboxylic acids is 1. The van der Waals surface area contributed by atoms with E-state index in [0.717, 1.165) is 12.1 Å². The molecule has 0 aliphatic carbocycles. The third kappa shape index (κ3) is 3.38. The molecule has 0 bridgehead atoms. The van der Waals surface area contributed by atoms with Crippen molar-refractivity contribution in [3.05, 3.63) is 35.4 Å². The molecule has 1 aromatic carbocycles. The van der Waals surface area contributed by atoms with Gasteiger partial charge in [-0.2, -0.15) is 13.2 Å². The summed E-state index contributed by atoms with van der Waals surface area (Å²) in [4.78, 5) is 23.5. The van der Waals surface area contributed by atoms with Crippen LogP contribution < -0.4 is 5.32 Å². The van der Waals surface area contributed by atoms with Crippen molar-refractivity contribution in [2.45, 2.75) is 24.6 Å². The fourth-order valence-electron chi connectivity index (χ4n) is 2.24. The van der Waals surface area contributed by atoms with E-state index >= 15 is 0 Å². The van der Waals surface area contributed by atoms with Crippen LogP contribution in [0.1, 0.15) is 28.8 Å². The molecule has 1 amide bonds. The van der Waals surface area contributed by atoms with Crippen LogP contribution in [0.4, 0.5) is 13.2 Å². The predicted molar refractivity (Wildman–Crippen MR) is 69.3 cm³/mol. The Bertz CT molecular complexity index is 580. The van der Waals surface area contributed by atoms with E-state index in [4.69, 9.17) is 4.74 Å². The first-order valence-electron chi connectivity index (χ1n) is 6.55. The molecule has 1 fully saturated rings. The molecule has 5 nitrogen and oxygen atoms in total. The van der Waals surface area contributed by atoms with Gasteiger partial charge in [-0.15, -0.1) is 0 Å². The number of ether oxygens (including phenoxy) is 1. The van der Waals surface area contributed by atoms with Crippen molar-refractivity contribution in [2.75, 3.05) is 13.2 Å². The molecule has 1 aliphatic rings. The van der Waals surface area contributed by atoms with E-state index in [1.807, 2.05) is 0 Å². The van der Waals surface area contributed by atoms with Gasteiger partial charge >= 0.3 is 12.1 Å². The van der Waals surface area contributed by atoms with Crippen molar-refractivity contribution in [1.82, 2.24) is 5.32 Å². The third-order valence-electron chi connectivity index (χ3n) is 3.56. The molecule has 22 heavy (non-hydrogen) atoms. The normalized spacial score (nSPS) is 17.8. The number of halogens is 3. The number of carboxylic acids is 1. The average Bonchev–Trinajstić information content (AvgIpc) is 2.47. The number of carbonyl (C=O) groups is 2. The van der Waals surface area contributed by atoms with E-state index < -0.39 is 29.2 Å². The van der Waals surface area contributed by atoms with Crippen molar-refractivity contribution in [1.29, 1.82) is 0 Å². The van der Waals surface area contributed by atoms with Crippen LogP contribution in [0, 0.1) is 0 Å². The number of hydrogen-bond donors (Lipinski definition) is 2. The lowest BCUT2D eigenvalue weighted by Crippen LogP contribution is -2.57. The number of aliphatic carboxylic acids is 1. The zero-order valence-electron chi connectivity index (χ0n) is 11.4. The van der Waals surface area contributed by atoms with Crippen molar-refractivity contribution < 1.29 is 32.6 Å². The molecule has 1 saturated heterocycles. The Morgan fingerprint density at radius 3 is 2.41 bits per heavy atom. The minimum atomic E-state index is -4.57. The number of rotatable bonds is 3. The molecule has 1 aliphatic heterocycles. The zero-order valence-corrected chi connectivity index (χ0v) is 11.4. The summed E-state index contributed by atoms with van der Waals surface area (Å²) in [5, 5.41) is 11.7. The maximum atomic E-state index is 12.7. The molecule has 0 saturated carbocycles. The SMILES string of the molecule is O=C(NC1(C(=O)O)CCOCC1)c1cccc(C(F)(F)F)c1. The highest BCUT2D eigenvalue weighted by Gasteiger charge is 2.42. The van der Waals surface area contributed by atoms with Crippen LogP contribution in [-0.4, -0.2) is 35.7 Å². The molecule has 0 spiro atoms. The molecule has 8 heteroatoms. The van der Waals surface area contributed by atoms with Crippen LogP contribution >= 0.6 is 0 Å². The molecular formula is C14H14F3NO4. The van der Waals surface area contributed by atoms with Crippen LogP contribution in [0.5, 0.6) is 0 Å². The monoisotopic (exact) mass is 317 g/mol. The summed E-state index contributed by atoms with van der Waals surface area (Å²) < 4.78 is 43.0. The molecule has 1 aromatic rings. The molecule has 0 unspecified atom stereocenters. The lowest BCUT2D eigenvalue weighted by atomic mass is 9.89. The standard InChI is InChI=1S/C14H14F3NO4/c15-14(16,17)10-3-1-2-9(8-10)11(19)18-13(12(20)21)4-6-22-7-5-13/h1-3,8H,4-7H2,(H,18,19)(H,20,21). The molecular weight excluding hydrogens is 303 g/mol. The summed E-state index contributed by atoms with van der Waals surface area (Å²) in [6.07, 6.45) is -4.44. The highest BCUT2D eigenvalue weighted by molar-refractivity contribution is 5.98. The number of carboxylic acid groups (broad SMARTS) is 1. The second kappa shape index (κ2) is 5.96. The van der Waals surface area contributed by atoms with Gasteiger partial charge in [-0.1, -0.05) is 6.07 Å². The summed E-state index contributed by atoms with van der Waals surface area (Å²) in [5.74, 6) is -2.08. The van der Waals surface area contributed by atoms with Gasteiger partial charge in [0.05, 0.1) is 5.56 Å². The van der Waals surface area contributed by atoms with Gasteiger partial charge in [0, 0.05) is 31.6 Å². The first-order valence-corrected chi connectivity index (χ1v) is 6.55. The number of nitrogens with one attached hydrogen (secondary N) is 1. The van der Waals surface area contributed by atoms with E-state index in [1.54, 1.807) is 0 Å². The van der Waals surface area contributed by atoms with E-state index in [9.17, 15) is 27.9 Å². The Morgan fingerprint density at radius 2 is 1.86 bits per heavy atom. The van der Waals surface area contributed by atoms with Crippen molar-refractivity contribution in [2.24, 2.45) is 0 Å². The number of benzene rings is 1.